The molecule has 1 aromatic carbocycles. The second-order valence-corrected chi connectivity index (χ2v) is 24.3. The van der Waals surface area contributed by atoms with Gasteiger partial charge in [0.1, 0.15) is 6.10 Å². The molecule has 0 spiro atoms. The number of halogens is 1. The molecule has 11 heteroatoms. The Morgan fingerprint density at radius 1 is 1.00 bits per heavy atom. The number of alkyl halides is 1. The van der Waals surface area contributed by atoms with Crippen LogP contribution >= 0.6 is 15.9 Å². The zero-order chi connectivity index (χ0) is 30.3. The van der Waals surface area contributed by atoms with Gasteiger partial charge in [-0.25, -0.2) is 4.79 Å². The summed E-state index contributed by atoms with van der Waals surface area (Å²) in [6, 6.07) is 10.2. The number of Topliss-reactive ketones (excluding diaryl/α,β-unsaturated/α-hetero) is 1. The van der Waals surface area contributed by atoms with Gasteiger partial charge in [0.05, 0.1) is 24.0 Å². The Labute approximate surface area is 248 Å². The smallest absolute Gasteiger partial charge is 0.330 e. The van der Waals surface area contributed by atoms with Gasteiger partial charge >= 0.3 is 5.69 Å². The van der Waals surface area contributed by atoms with E-state index in [1.54, 1.807) is 24.3 Å². The van der Waals surface area contributed by atoms with Gasteiger partial charge in [-0.15, -0.1) is 0 Å². The minimum Gasteiger partial charge on any atom is -0.414 e. The predicted molar refractivity (Wildman–Crippen MR) is 167 cm³/mol. The summed E-state index contributed by atoms with van der Waals surface area (Å²) >= 11 is 3.86. The van der Waals surface area contributed by atoms with Crippen LogP contribution in [-0.4, -0.2) is 55.6 Å². The number of ketones is 1. The number of H-pyrrole nitrogens is 1. The van der Waals surface area contributed by atoms with E-state index in [4.69, 9.17) is 13.6 Å². The van der Waals surface area contributed by atoms with Gasteiger partial charge in [-0.1, -0.05) is 87.8 Å². The maximum atomic E-state index is 13.7. The number of aromatic nitrogens is 2. The van der Waals surface area contributed by atoms with Crippen LogP contribution < -0.4 is 11.2 Å². The standard InChI is InChI=1S/C29H45BrN2O6Si2/c1-27(2,3)39(7,8)36-19-22-24(38-40(9,10)28(4,5)6)25(30)29(37-22,32-17-16-23(34)31-26(32)35)18-21(33)20-14-12-11-13-15-20/h11-17,22,24-25H,18-19H2,1-10H3,(H,31,34,35)/t22-,24-,25+,29-/m1/s1. The highest BCUT2D eigenvalue weighted by atomic mass is 79.9. The largest absolute Gasteiger partial charge is 0.414 e. The highest BCUT2D eigenvalue weighted by Gasteiger charge is 2.59. The molecule has 1 fully saturated rings. The van der Waals surface area contributed by atoms with Crippen molar-refractivity contribution in [3.05, 3.63) is 69.0 Å². The topological polar surface area (TPSA) is 99.6 Å². The maximum Gasteiger partial charge on any atom is 0.330 e. The van der Waals surface area contributed by atoms with Crippen molar-refractivity contribution in [2.75, 3.05) is 6.61 Å². The van der Waals surface area contributed by atoms with Gasteiger partial charge in [0, 0.05) is 17.8 Å². The molecular weight excluding hydrogens is 608 g/mol. The zero-order valence-electron chi connectivity index (χ0n) is 25.5. The molecule has 1 N–H and O–H groups in total. The molecule has 1 aliphatic heterocycles. The van der Waals surface area contributed by atoms with E-state index in [1.165, 1.54) is 16.8 Å². The minimum atomic E-state index is -2.34. The SMILES string of the molecule is CC(C)(C)[Si](C)(C)OC[C@H]1O[C@@](CC(=O)c2ccccc2)(n2ccc(=O)[nH]c2=O)[C@@H](Br)[C@@H]1O[Si](C)(C)C(C)(C)C. The van der Waals surface area contributed by atoms with Crippen LogP contribution in [0.5, 0.6) is 0 Å². The van der Waals surface area contributed by atoms with Crippen molar-refractivity contribution in [3.8, 4) is 0 Å². The van der Waals surface area contributed by atoms with E-state index < -0.39 is 50.6 Å². The van der Waals surface area contributed by atoms with E-state index in [0.29, 0.717) is 5.56 Å². The molecule has 40 heavy (non-hydrogen) atoms. The van der Waals surface area contributed by atoms with Crippen molar-refractivity contribution in [1.82, 2.24) is 9.55 Å². The van der Waals surface area contributed by atoms with Crippen LogP contribution in [0.2, 0.25) is 36.3 Å². The van der Waals surface area contributed by atoms with Crippen molar-refractivity contribution in [2.24, 2.45) is 0 Å². The van der Waals surface area contributed by atoms with Crippen molar-refractivity contribution in [2.45, 2.75) is 107 Å². The van der Waals surface area contributed by atoms with E-state index in [9.17, 15) is 14.4 Å². The molecule has 0 bridgehead atoms. The molecule has 0 radical (unpaired) electrons. The third kappa shape index (κ3) is 6.70. The lowest BCUT2D eigenvalue weighted by Gasteiger charge is -2.41. The number of carbonyl (C=O) groups is 1. The fraction of sp³-hybridized carbons (Fsp3) is 0.621. The average molecular weight is 654 g/mol. The Hall–Kier alpha value is -1.64. The fourth-order valence-corrected chi connectivity index (χ4v) is 7.69. The molecule has 0 saturated carbocycles. The van der Waals surface area contributed by atoms with Crippen LogP contribution in [0.15, 0.2) is 52.2 Å². The minimum absolute atomic E-state index is 0.0224. The Morgan fingerprint density at radius 3 is 2.10 bits per heavy atom. The van der Waals surface area contributed by atoms with E-state index in [2.05, 4.69) is 88.6 Å². The maximum absolute atomic E-state index is 13.7. The molecule has 222 valence electrons. The first kappa shape index (κ1) is 32.9. The van der Waals surface area contributed by atoms with Gasteiger partial charge in [-0.2, -0.15) is 0 Å². The number of benzene rings is 1. The van der Waals surface area contributed by atoms with E-state index >= 15 is 0 Å². The van der Waals surface area contributed by atoms with Crippen molar-refractivity contribution >= 4 is 38.3 Å². The zero-order valence-corrected chi connectivity index (χ0v) is 29.0. The van der Waals surface area contributed by atoms with Crippen LogP contribution in [0, 0.1) is 0 Å². The number of hydrogen-bond acceptors (Lipinski definition) is 6. The van der Waals surface area contributed by atoms with Crippen molar-refractivity contribution in [3.63, 3.8) is 0 Å². The van der Waals surface area contributed by atoms with Gasteiger partial charge in [0.2, 0.25) is 0 Å². The average Bonchev–Trinajstić information content (AvgIpc) is 3.07. The Kier molecular flexibility index (Phi) is 9.50. The summed E-state index contributed by atoms with van der Waals surface area (Å²) in [5, 5.41) is -0.115. The molecule has 3 rings (SSSR count). The Morgan fingerprint density at radius 2 is 1.57 bits per heavy atom. The van der Waals surface area contributed by atoms with Gasteiger partial charge in [-0.05, 0) is 36.3 Å². The van der Waals surface area contributed by atoms with E-state index in [1.807, 2.05) is 6.07 Å². The number of carbonyl (C=O) groups excluding carboxylic acids is 1. The summed E-state index contributed by atoms with van der Waals surface area (Å²) in [5.41, 5.74) is -2.15. The number of hydrogen-bond donors (Lipinski definition) is 1. The molecule has 1 aliphatic rings. The first-order chi connectivity index (χ1) is 18.2. The van der Waals surface area contributed by atoms with Gasteiger partial charge < -0.3 is 13.6 Å². The summed E-state index contributed by atoms with van der Waals surface area (Å²) in [4.78, 5) is 40.6. The number of aromatic amines is 1. The molecule has 2 heterocycles. The molecule has 2 aromatic rings. The third-order valence-corrected chi connectivity index (χ3v) is 19.0. The quantitative estimate of drug-likeness (QED) is 0.202. The van der Waals surface area contributed by atoms with Crippen molar-refractivity contribution in [1.29, 1.82) is 0 Å². The highest BCUT2D eigenvalue weighted by Crippen LogP contribution is 2.48. The van der Waals surface area contributed by atoms with E-state index in [0.717, 1.165) is 0 Å². The van der Waals surface area contributed by atoms with Gasteiger partial charge in [0.15, 0.2) is 28.1 Å². The Bertz CT molecular complexity index is 1310. The molecule has 1 aromatic heterocycles. The summed E-state index contributed by atoms with van der Waals surface area (Å²) in [7, 11) is -4.51. The lowest BCUT2D eigenvalue weighted by atomic mass is 9.96. The van der Waals surface area contributed by atoms with Crippen LogP contribution in [-0.2, 0) is 19.3 Å². The fourth-order valence-electron chi connectivity index (χ4n) is 4.21. The summed E-state index contributed by atoms with van der Waals surface area (Å²) < 4.78 is 21.7. The number of nitrogens with zero attached hydrogens (tertiary/aromatic N) is 1. The summed E-state index contributed by atoms with van der Waals surface area (Å²) in [6.07, 6.45) is 0.157. The lowest BCUT2D eigenvalue weighted by Crippen LogP contribution is -2.53. The Balaban J connectivity index is 2.15. The van der Waals surface area contributed by atoms with Crippen LogP contribution in [0.1, 0.15) is 58.3 Å². The van der Waals surface area contributed by atoms with Crippen LogP contribution in [0.3, 0.4) is 0 Å². The highest BCUT2D eigenvalue weighted by molar-refractivity contribution is 9.09. The monoisotopic (exact) mass is 652 g/mol. The predicted octanol–water partition coefficient (Wildman–Crippen LogP) is 6.04. The summed E-state index contributed by atoms with van der Waals surface area (Å²) in [5.74, 6) is -0.194. The third-order valence-electron chi connectivity index (χ3n) is 8.83. The van der Waals surface area contributed by atoms with E-state index in [-0.39, 0.29) is 28.9 Å². The second kappa shape index (κ2) is 11.6. The number of ether oxygens (including phenoxy) is 1. The van der Waals surface area contributed by atoms with Gasteiger partial charge in [0.25, 0.3) is 5.56 Å². The van der Waals surface area contributed by atoms with Crippen LogP contribution in [0.25, 0.3) is 0 Å². The molecule has 0 aliphatic carbocycles. The molecule has 0 amide bonds. The second-order valence-electron chi connectivity index (χ2n) is 13.8. The van der Waals surface area contributed by atoms with Crippen molar-refractivity contribution < 1.29 is 18.4 Å². The molecular formula is C29H45BrN2O6Si2. The first-order valence-electron chi connectivity index (χ1n) is 13.8. The molecule has 8 nitrogen and oxygen atoms in total. The normalized spacial score (nSPS) is 24.3. The molecule has 1 saturated heterocycles. The lowest BCUT2D eigenvalue weighted by molar-refractivity contribution is -0.113. The molecule has 4 atom stereocenters. The number of nitrogens with one attached hydrogen (secondary N) is 1. The van der Waals surface area contributed by atoms with Gasteiger partial charge in [-0.3, -0.25) is 19.1 Å². The molecule has 0 unspecified atom stereocenters. The summed E-state index contributed by atoms with van der Waals surface area (Å²) in [6.45, 7) is 22.0. The van der Waals surface area contributed by atoms with Crippen LogP contribution in [0.4, 0.5) is 0 Å². The first-order valence-corrected chi connectivity index (χ1v) is 20.5. The number of rotatable bonds is 9.